The molecule has 4 rings (SSSR count). The number of hydrogen-bond donors (Lipinski definition) is 0. The van der Waals surface area contributed by atoms with Crippen LogP contribution in [0.25, 0.3) is 0 Å². The van der Waals surface area contributed by atoms with E-state index in [0.717, 1.165) is 6.42 Å². The van der Waals surface area contributed by atoms with Crippen LogP contribution in [0.1, 0.15) is 80.6 Å². The highest BCUT2D eigenvalue weighted by atomic mass is 16.7. The molecule has 2 atom stereocenters. The number of carbonyl (C=O) groups excluding carboxylic acids is 1. The summed E-state index contributed by atoms with van der Waals surface area (Å²) in [6.45, 7) is 14.2. The zero-order chi connectivity index (χ0) is 20.5. The van der Waals surface area contributed by atoms with Crippen molar-refractivity contribution < 1.29 is 18.8 Å². The third kappa shape index (κ3) is 3.87. The van der Waals surface area contributed by atoms with Crippen LogP contribution in [0.15, 0.2) is 11.5 Å². The number of carbonyl (C=O) groups is 1. The van der Waals surface area contributed by atoms with Crippen LogP contribution in [0, 0.1) is 11.8 Å². The molecule has 0 aromatic heterocycles. The van der Waals surface area contributed by atoms with Gasteiger partial charge in [0.05, 0.1) is 17.2 Å². The quantitative estimate of drug-likeness (QED) is 0.654. The molecular formula is C22H36BNO4. The van der Waals surface area contributed by atoms with Crippen molar-refractivity contribution in [1.82, 2.24) is 4.90 Å². The fourth-order valence-corrected chi connectivity index (χ4v) is 4.35. The Kier molecular flexibility index (Phi) is 4.70. The first kappa shape index (κ1) is 20.3. The summed E-state index contributed by atoms with van der Waals surface area (Å²) in [4.78, 5) is 15.2. The van der Waals surface area contributed by atoms with Crippen molar-refractivity contribution in [1.29, 1.82) is 0 Å². The molecule has 0 N–H and O–H groups in total. The summed E-state index contributed by atoms with van der Waals surface area (Å²) < 4.78 is 18.5. The van der Waals surface area contributed by atoms with Gasteiger partial charge in [-0.05, 0) is 97.9 Å². The maximum atomic E-state index is 13.1. The molecule has 4 aliphatic rings. The number of amides is 1. The monoisotopic (exact) mass is 389 g/mol. The summed E-state index contributed by atoms with van der Waals surface area (Å²) in [5.74, 6) is 1.10. The highest BCUT2D eigenvalue weighted by molar-refractivity contribution is 6.54. The van der Waals surface area contributed by atoms with Crippen molar-refractivity contribution in [2.45, 2.75) is 109 Å². The first-order chi connectivity index (χ1) is 12.9. The zero-order valence-corrected chi connectivity index (χ0v) is 18.6. The third-order valence-electron chi connectivity index (χ3n) is 6.94. The van der Waals surface area contributed by atoms with Crippen molar-refractivity contribution >= 4 is 13.2 Å². The second-order valence-corrected chi connectivity index (χ2v) is 11.2. The second-order valence-electron chi connectivity index (χ2n) is 11.2. The molecule has 0 aromatic carbocycles. The minimum Gasteiger partial charge on any atom is -0.444 e. The van der Waals surface area contributed by atoms with Gasteiger partial charge in [-0.3, -0.25) is 4.90 Å². The van der Waals surface area contributed by atoms with Gasteiger partial charge in [-0.25, -0.2) is 4.79 Å². The molecule has 0 bridgehead atoms. The molecule has 0 spiro atoms. The van der Waals surface area contributed by atoms with E-state index in [1.165, 1.54) is 31.2 Å². The van der Waals surface area contributed by atoms with Gasteiger partial charge >= 0.3 is 13.2 Å². The van der Waals surface area contributed by atoms with Crippen molar-refractivity contribution in [2.24, 2.45) is 11.8 Å². The molecule has 1 saturated heterocycles. The maximum Gasteiger partial charge on any atom is 0.490 e. The summed E-state index contributed by atoms with van der Waals surface area (Å²) in [5.41, 5.74) is 0.0533. The van der Waals surface area contributed by atoms with Crippen LogP contribution < -0.4 is 0 Å². The second kappa shape index (κ2) is 6.50. The molecule has 2 saturated carbocycles. The van der Waals surface area contributed by atoms with Gasteiger partial charge in [0.15, 0.2) is 0 Å². The highest BCUT2D eigenvalue weighted by Gasteiger charge is 2.55. The molecule has 2 heterocycles. The lowest BCUT2D eigenvalue weighted by atomic mass is 9.70. The Balaban J connectivity index is 1.62. The minimum absolute atomic E-state index is 0.100. The summed E-state index contributed by atoms with van der Waals surface area (Å²) in [7, 11) is -0.312. The first-order valence-electron chi connectivity index (χ1n) is 11.0. The Labute approximate surface area is 170 Å². The number of rotatable bonds is 3. The van der Waals surface area contributed by atoms with Gasteiger partial charge in [0.2, 0.25) is 0 Å². The molecular weight excluding hydrogens is 353 g/mol. The summed E-state index contributed by atoms with van der Waals surface area (Å²) in [5, 5.41) is 0. The van der Waals surface area contributed by atoms with E-state index in [0.29, 0.717) is 11.8 Å². The van der Waals surface area contributed by atoms with E-state index >= 15 is 0 Å². The molecule has 0 aromatic rings. The lowest BCUT2D eigenvalue weighted by Crippen LogP contribution is -2.53. The van der Waals surface area contributed by atoms with E-state index < -0.39 is 5.60 Å². The molecule has 2 aliphatic carbocycles. The summed E-state index contributed by atoms with van der Waals surface area (Å²) in [6.07, 6.45) is 7.66. The zero-order valence-electron chi connectivity index (χ0n) is 18.6. The highest BCUT2D eigenvalue weighted by Crippen LogP contribution is 2.48. The molecule has 1 amide bonds. The Bertz CT molecular complexity index is 657. The SMILES string of the molecule is CC(C)(C)OC(=O)N1[C@@H](C2CC2)CC(B2OC(C)(C)C(C)(C)O2)=C[C@H]1C1CC1. The Morgan fingerprint density at radius 3 is 2.07 bits per heavy atom. The van der Waals surface area contributed by atoms with Crippen molar-refractivity contribution in [3.05, 3.63) is 11.5 Å². The number of ether oxygens (including phenoxy) is 1. The predicted octanol–water partition coefficient (Wildman–Crippen LogP) is 4.74. The Morgan fingerprint density at radius 1 is 1.07 bits per heavy atom. The minimum atomic E-state index is -0.477. The normalized spacial score (nSPS) is 32.3. The smallest absolute Gasteiger partial charge is 0.444 e. The van der Waals surface area contributed by atoms with Crippen LogP contribution in [-0.2, 0) is 14.0 Å². The van der Waals surface area contributed by atoms with Crippen LogP contribution in [0.5, 0.6) is 0 Å². The van der Waals surface area contributed by atoms with E-state index in [1.54, 1.807) is 0 Å². The third-order valence-corrected chi connectivity index (χ3v) is 6.94. The number of hydrogen-bond acceptors (Lipinski definition) is 4. The Morgan fingerprint density at radius 2 is 1.61 bits per heavy atom. The van der Waals surface area contributed by atoms with E-state index in [1.807, 2.05) is 20.8 Å². The van der Waals surface area contributed by atoms with Crippen molar-refractivity contribution in [3.63, 3.8) is 0 Å². The fraction of sp³-hybridized carbons (Fsp3) is 0.864. The van der Waals surface area contributed by atoms with Crippen LogP contribution >= 0.6 is 0 Å². The average Bonchev–Trinajstić information content (AvgIpc) is 3.44. The summed E-state index contributed by atoms with van der Waals surface area (Å²) in [6, 6.07) is 0.294. The molecule has 0 unspecified atom stereocenters. The molecule has 156 valence electrons. The summed E-state index contributed by atoms with van der Waals surface area (Å²) >= 11 is 0. The molecule has 6 heteroatoms. The van der Waals surface area contributed by atoms with Gasteiger partial charge in [0.1, 0.15) is 5.60 Å². The first-order valence-corrected chi connectivity index (χ1v) is 11.0. The van der Waals surface area contributed by atoms with Crippen molar-refractivity contribution in [2.75, 3.05) is 0 Å². The van der Waals surface area contributed by atoms with Crippen LogP contribution in [0.2, 0.25) is 0 Å². The molecule has 2 aliphatic heterocycles. The Hall–Kier alpha value is -1.01. The largest absolute Gasteiger partial charge is 0.490 e. The van der Waals surface area contributed by atoms with Crippen LogP contribution in [-0.4, -0.2) is 47.0 Å². The van der Waals surface area contributed by atoms with Gasteiger partial charge in [-0.2, -0.15) is 0 Å². The van der Waals surface area contributed by atoms with Gasteiger partial charge in [-0.15, -0.1) is 0 Å². The lowest BCUT2D eigenvalue weighted by molar-refractivity contribution is 0.00245. The van der Waals surface area contributed by atoms with E-state index in [-0.39, 0.29) is 36.5 Å². The van der Waals surface area contributed by atoms with Gasteiger partial charge in [0.25, 0.3) is 0 Å². The topological polar surface area (TPSA) is 48.0 Å². The average molecular weight is 389 g/mol. The van der Waals surface area contributed by atoms with Gasteiger partial charge in [-0.1, -0.05) is 6.08 Å². The predicted molar refractivity (Wildman–Crippen MR) is 110 cm³/mol. The molecule has 28 heavy (non-hydrogen) atoms. The molecule has 0 radical (unpaired) electrons. The van der Waals surface area contributed by atoms with E-state index in [2.05, 4.69) is 38.7 Å². The van der Waals surface area contributed by atoms with Crippen molar-refractivity contribution in [3.8, 4) is 0 Å². The lowest BCUT2D eigenvalue weighted by Gasteiger charge is -2.42. The molecule has 3 fully saturated rings. The van der Waals surface area contributed by atoms with E-state index in [9.17, 15) is 4.79 Å². The van der Waals surface area contributed by atoms with Crippen LogP contribution in [0.4, 0.5) is 4.79 Å². The molecule has 5 nitrogen and oxygen atoms in total. The van der Waals surface area contributed by atoms with Gasteiger partial charge in [0, 0.05) is 6.04 Å². The number of nitrogens with zero attached hydrogens (tertiary/aromatic N) is 1. The van der Waals surface area contributed by atoms with Gasteiger partial charge < -0.3 is 14.0 Å². The van der Waals surface area contributed by atoms with E-state index in [4.69, 9.17) is 14.0 Å². The standard InChI is InChI=1S/C22H36BNO4/c1-20(2,3)26-19(25)24-17(14-8-9-14)12-16(13-18(24)15-10-11-15)23-27-21(4,5)22(6,7)28-23/h12,14-15,17-18H,8-11,13H2,1-7H3/t17-,18+/m0/s1. The fourth-order valence-electron chi connectivity index (χ4n) is 4.35. The maximum absolute atomic E-state index is 13.1. The van der Waals surface area contributed by atoms with Crippen LogP contribution in [0.3, 0.4) is 0 Å².